The molecule has 0 aliphatic carbocycles. The molecule has 2 heterocycles. The first-order chi connectivity index (χ1) is 7.31. The third kappa shape index (κ3) is 2.15. The average molecular weight is 209 g/mol. The van der Waals surface area contributed by atoms with Gasteiger partial charge in [-0.25, -0.2) is 4.98 Å². The summed E-state index contributed by atoms with van der Waals surface area (Å²) in [6.45, 7) is 2.00. The van der Waals surface area contributed by atoms with Gasteiger partial charge >= 0.3 is 0 Å². The van der Waals surface area contributed by atoms with Gasteiger partial charge in [0.25, 0.3) is 5.91 Å². The molecule has 1 aromatic rings. The van der Waals surface area contributed by atoms with E-state index in [1.54, 1.807) is 7.05 Å². The molecule has 0 atom stereocenters. The van der Waals surface area contributed by atoms with Gasteiger partial charge in [0.1, 0.15) is 5.82 Å². The van der Waals surface area contributed by atoms with Gasteiger partial charge in [-0.05, 0) is 25.9 Å². The molecule has 1 fully saturated rings. The molecule has 0 spiro atoms. The minimum absolute atomic E-state index is 0.228. The van der Waals surface area contributed by atoms with Gasteiger partial charge in [-0.1, -0.05) is 0 Å². The maximum absolute atomic E-state index is 11.2. The second kappa shape index (κ2) is 4.39. The molecule has 3 N–H and O–H groups in total. The van der Waals surface area contributed by atoms with E-state index in [2.05, 4.69) is 25.8 Å². The molecular weight excluding hydrogens is 194 g/mol. The highest BCUT2D eigenvalue weighted by molar-refractivity contribution is 5.89. The van der Waals surface area contributed by atoms with E-state index >= 15 is 0 Å². The van der Waals surface area contributed by atoms with Gasteiger partial charge < -0.3 is 10.6 Å². The number of hydrogen-bond acceptors (Lipinski definition) is 4. The van der Waals surface area contributed by atoms with Gasteiger partial charge in [-0.15, -0.1) is 5.10 Å². The smallest absolute Gasteiger partial charge is 0.290 e. The molecule has 6 heteroatoms. The number of piperidine rings is 1. The molecule has 6 nitrogen and oxygen atoms in total. The summed E-state index contributed by atoms with van der Waals surface area (Å²) in [4.78, 5) is 15.4. The fraction of sp³-hybridized carbons (Fsp3) is 0.667. The standard InChI is InChI=1S/C9H15N5O/c1-10-9(15)8-12-7(13-14-8)6-2-4-11-5-3-6/h6,11H,2-5H2,1H3,(H,10,15)(H,12,13,14). The molecule has 0 aromatic carbocycles. The Balaban J connectivity index is 2.08. The lowest BCUT2D eigenvalue weighted by molar-refractivity contribution is 0.0953. The summed E-state index contributed by atoms with van der Waals surface area (Å²) in [5.74, 6) is 1.21. The van der Waals surface area contributed by atoms with E-state index in [-0.39, 0.29) is 11.7 Å². The Hall–Kier alpha value is -1.43. The van der Waals surface area contributed by atoms with Gasteiger partial charge in [0.15, 0.2) is 0 Å². The van der Waals surface area contributed by atoms with Crippen molar-refractivity contribution in [3.8, 4) is 0 Å². The zero-order valence-corrected chi connectivity index (χ0v) is 8.71. The van der Waals surface area contributed by atoms with Crippen LogP contribution in [0.3, 0.4) is 0 Å². The number of aromatic amines is 1. The maximum atomic E-state index is 11.2. The normalized spacial score (nSPS) is 17.7. The summed E-state index contributed by atoms with van der Waals surface area (Å²) in [5, 5.41) is 12.5. The van der Waals surface area contributed by atoms with Crippen LogP contribution >= 0.6 is 0 Å². The van der Waals surface area contributed by atoms with Crippen LogP contribution in [0.15, 0.2) is 0 Å². The lowest BCUT2D eigenvalue weighted by Crippen LogP contribution is -2.27. The summed E-state index contributed by atoms with van der Waals surface area (Å²) in [5.41, 5.74) is 0. The summed E-state index contributed by atoms with van der Waals surface area (Å²) in [6, 6.07) is 0. The fourth-order valence-electron chi connectivity index (χ4n) is 1.77. The van der Waals surface area contributed by atoms with E-state index in [0.717, 1.165) is 31.8 Å². The van der Waals surface area contributed by atoms with Crippen LogP contribution in [-0.2, 0) is 0 Å². The Morgan fingerprint density at radius 1 is 1.47 bits per heavy atom. The zero-order valence-electron chi connectivity index (χ0n) is 8.71. The number of hydrogen-bond donors (Lipinski definition) is 3. The first-order valence-corrected chi connectivity index (χ1v) is 5.16. The Kier molecular flexibility index (Phi) is 2.96. The highest BCUT2D eigenvalue weighted by Crippen LogP contribution is 2.21. The van der Waals surface area contributed by atoms with Crippen molar-refractivity contribution in [2.24, 2.45) is 0 Å². The van der Waals surface area contributed by atoms with Crippen molar-refractivity contribution >= 4 is 5.91 Å². The quantitative estimate of drug-likeness (QED) is 0.620. The maximum Gasteiger partial charge on any atom is 0.290 e. The van der Waals surface area contributed by atoms with Crippen LogP contribution in [0, 0.1) is 0 Å². The molecule has 1 aliphatic heterocycles. The summed E-state index contributed by atoms with van der Waals surface area (Å²) in [7, 11) is 1.57. The van der Waals surface area contributed by atoms with Gasteiger partial charge in [0, 0.05) is 13.0 Å². The minimum atomic E-state index is -0.244. The number of nitrogens with zero attached hydrogens (tertiary/aromatic N) is 2. The Morgan fingerprint density at radius 2 is 2.20 bits per heavy atom. The van der Waals surface area contributed by atoms with Gasteiger partial charge in [0.2, 0.25) is 5.82 Å². The predicted molar refractivity (Wildman–Crippen MR) is 54.6 cm³/mol. The molecule has 82 valence electrons. The molecule has 0 unspecified atom stereocenters. The lowest BCUT2D eigenvalue weighted by atomic mass is 9.98. The third-order valence-electron chi connectivity index (χ3n) is 2.66. The van der Waals surface area contributed by atoms with Crippen molar-refractivity contribution in [3.05, 3.63) is 11.6 Å². The van der Waals surface area contributed by atoms with Crippen LogP contribution in [0.1, 0.15) is 35.2 Å². The van der Waals surface area contributed by atoms with Crippen molar-refractivity contribution in [1.82, 2.24) is 25.8 Å². The first kappa shape index (κ1) is 10.1. The number of carbonyl (C=O) groups excluding carboxylic acids is 1. The Morgan fingerprint density at radius 3 is 2.87 bits per heavy atom. The summed E-state index contributed by atoms with van der Waals surface area (Å²) in [6.07, 6.45) is 2.09. The topological polar surface area (TPSA) is 82.7 Å². The van der Waals surface area contributed by atoms with Crippen LogP contribution < -0.4 is 10.6 Å². The molecule has 0 bridgehead atoms. The largest absolute Gasteiger partial charge is 0.352 e. The number of aromatic nitrogens is 3. The van der Waals surface area contributed by atoms with Gasteiger partial charge in [-0.2, -0.15) is 0 Å². The van der Waals surface area contributed by atoms with Crippen molar-refractivity contribution in [2.75, 3.05) is 20.1 Å². The van der Waals surface area contributed by atoms with E-state index < -0.39 is 0 Å². The van der Waals surface area contributed by atoms with E-state index in [0.29, 0.717) is 5.92 Å². The van der Waals surface area contributed by atoms with E-state index in [9.17, 15) is 4.79 Å². The zero-order chi connectivity index (χ0) is 10.7. The first-order valence-electron chi connectivity index (χ1n) is 5.16. The van der Waals surface area contributed by atoms with Gasteiger partial charge in [0.05, 0.1) is 0 Å². The number of amides is 1. The number of rotatable bonds is 2. The molecule has 1 amide bonds. The average Bonchev–Trinajstić information content (AvgIpc) is 2.78. The molecule has 2 rings (SSSR count). The van der Waals surface area contributed by atoms with E-state index in [1.807, 2.05) is 0 Å². The predicted octanol–water partition coefficient (Wildman–Crippen LogP) is -0.369. The molecule has 1 aliphatic rings. The number of nitrogens with one attached hydrogen (secondary N) is 3. The summed E-state index contributed by atoms with van der Waals surface area (Å²) >= 11 is 0. The van der Waals surface area contributed by atoms with Crippen LogP contribution in [0.25, 0.3) is 0 Å². The van der Waals surface area contributed by atoms with Crippen molar-refractivity contribution in [2.45, 2.75) is 18.8 Å². The monoisotopic (exact) mass is 209 g/mol. The Bertz CT molecular complexity index is 342. The molecule has 15 heavy (non-hydrogen) atoms. The van der Waals surface area contributed by atoms with Crippen LogP contribution in [0.4, 0.5) is 0 Å². The third-order valence-corrected chi connectivity index (χ3v) is 2.66. The molecular formula is C9H15N5O. The van der Waals surface area contributed by atoms with E-state index in [4.69, 9.17) is 0 Å². The lowest BCUT2D eigenvalue weighted by Gasteiger charge is -2.19. The highest BCUT2D eigenvalue weighted by atomic mass is 16.2. The van der Waals surface area contributed by atoms with Crippen LogP contribution in [0.2, 0.25) is 0 Å². The van der Waals surface area contributed by atoms with E-state index in [1.165, 1.54) is 0 Å². The minimum Gasteiger partial charge on any atom is -0.352 e. The molecule has 0 saturated carbocycles. The van der Waals surface area contributed by atoms with Crippen molar-refractivity contribution in [1.29, 1.82) is 0 Å². The summed E-state index contributed by atoms with van der Waals surface area (Å²) < 4.78 is 0. The van der Waals surface area contributed by atoms with Crippen molar-refractivity contribution in [3.63, 3.8) is 0 Å². The highest BCUT2D eigenvalue weighted by Gasteiger charge is 2.20. The van der Waals surface area contributed by atoms with Crippen LogP contribution in [-0.4, -0.2) is 41.2 Å². The Labute approximate surface area is 87.9 Å². The van der Waals surface area contributed by atoms with Crippen LogP contribution in [0.5, 0.6) is 0 Å². The number of carbonyl (C=O) groups is 1. The fourth-order valence-corrected chi connectivity index (χ4v) is 1.77. The second-order valence-corrected chi connectivity index (χ2v) is 3.65. The number of H-pyrrole nitrogens is 1. The van der Waals surface area contributed by atoms with Gasteiger partial charge in [-0.3, -0.25) is 9.89 Å². The second-order valence-electron chi connectivity index (χ2n) is 3.65. The molecule has 0 radical (unpaired) electrons. The molecule has 1 saturated heterocycles. The molecule has 1 aromatic heterocycles. The van der Waals surface area contributed by atoms with Crippen molar-refractivity contribution < 1.29 is 4.79 Å². The SMILES string of the molecule is CNC(=O)c1n[nH]c(C2CCNCC2)n1.